The number of nitrogen functional groups attached to an aromatic ring is 1. The molecule has 0 saturated heterocycles. The lowest BCUT2D eigenvalue weighted by Crippen LogP contribution is -2.53. The Morgan fingerprint density at radius 1 is 1.28 bits per heavy atom. The molecule has 0 fully saturated rings. The molecular weight excluding hydrogens is 326 g/mol. The number of fused-ring (bicyclic) bond motifs is 1. The SMILES string of the molecule is COC(C)(C(=O)NCc1ccc2c(N)noc2c1)C(=O)OC(C)(C)C. The Bertz CT molecular complexity index is 793. The number of anilines is 1. The fourth-order valence-corrected chi connectivity index (χ4v) is 2.11. The van der Waals surface area contributed by atoms with Gasteiger partial charge in [0.05, 0.1) is 5.39 Å². The number of amides is 1. The summed E-state index contributed by atoms with van der Waals surface area (Å²) in [6, 6.07) is 5.26. The normalized spacial score (nSPS) is 14.1. The van der Waals surface area contributed by atoms with E-state index >= 15 is 0 Å². The van der Waals surface area contributed by atoms with E-state index in [4.69, 9.17) is 19.7 Å². The van der Waals surface area contributed by atoms with Gasteiger partial charge >= 0.3 is 5.97 Å². The number of nitrogens with zero attached hydrogens (tertiary/aromatic N) is 1. The van der Waals surface area contributed by atoms with E-state index < -0.39 is 23.1 Å². The number of esters is 1. The number of hydrogen-bond acceptors (Lipinski definition) is 7. The average Bonchev–Trinajstić information content (AvgIpc) is 2.90. The number of methoxy groups -OCH3 is 1. The Hall–Kier alpha value is -2.61. The van der Waals surface area contributed by atoms with Crippen LogP contribution in [0.1, 0.15) is 33.3 Å². The summed E-state index contributed by atoms with van der Waals surface area (Å²) >= 11 is 0. The molecule has 1 aromatic heterocycles. The van der Waals surface area contributed by atoms with Crippen molar-refractivity contribution in [2.45, 2.75) is 45.4 Å². The minimum atomic E-state index is -1.74. The average molecular weight is 349 g/mol. The van der Waals surface area contributed by atoms with Gasteiger partial charge in [-0.25, -0.2) is 4.79 Å². The third-order valence-corrected chi connectivity index (χ3v) is 3.65. The van der Waals surface area contributed by atoms with Crippen LogP contribution in [0.15, 0.2) is 22.7 Å². The second-order valence-corrected chi connectivity index (χ2v) is 6.82. The molecule has 0 aliphatic carbocycles. The summed E-state index contributed by atoms with van der Waals surface area (Å²) in [7, 11) is 1.28. The first kappa shape index (κ1) is 18.7. The number of benzene rings is 1. The van der Waals surface area contributed by atoms with Crippen molar-refractivity contribution in [3.63, 3.8) is 0 Å². The maximum atomic E-state index is 12.5. The highest BCUT2D eigenvalue weighted by Gasteiger charge is 2.44. The highest BCUT2D eigenvalue weighted by molar-refractivity contribution is 6.05. The number of hydrogen-bond donors (Lipinski definition) is 2. The number of nitrogens with two attached hydrogens (primary N) is 1. The predicted octanol–water partition coefficient (Wildman–Crippen LogP) is 1.77. The van der Waals surface area contributed by atoms with Crippen LogP contribution >= 0.6 is 0 Å². The van der Waals surface area contributed by atoms with Gasteiger partial charge in [0, 0.05) is 13.7 Å². The Kier molecular flexibility index (Phi) is 5.03. The van der Waals surface area contributed by atoms with Gasteiger partial charge < -0.3 is 25.0 Å². The first-order chi connectivity index (χ1) is 11.6. The maximum Gasteiger partial charge on any atom is 0.348 e. The van der Waals surface area contributed by atoms with Crippen LogP contribution in [0, 0.1) is 0 Å². The highest BCUT2D eigenvalue weighted by atomic mass is 16.6. The number of carbonyl (C=O) groups excluding carboxylic acids is 2. The molecule has 1 aromatic carbocycles. The Morgan fingerprint density at radius 2 is 1.96 bits per heavy atom. The van der Waals surface area contributed by atoms with Gasteiger partial charge in [-0.15, -0.1) is 0 Å². The molecule has 136 valence electrons. The van der Waals surface area contributed by atoms with Crippen LogP contribution in [-0.4, -0.2) is 35.3 Å². The molecule has 3 N–H and O–H groups in total. The van der Waals surface area contributed by atoms with E-state index in [2.05, 4.69) is 10.5 Å². The van der Waals surface area contributed by atoms with Crippen molar-refractivity contribution in [2.24, 2.45) is 0 Å². The zero-order chi connectivity index (χ0) is 18.8. The van der Waals surface area contributed by atoms with Crippen LogP contribution in [0.2, 0.25) is 0 Å². The lowest BCUT2D eigenvalue weighted by Gasteiger charge is -2.29. The van der Waals surface area contributed by atoms with Crippen molar-refractivity contribution >= 4 is 28.7 Å². The smallest absolute Gasteiger partial charge is 0.348 e. The molecule has 2 aromatic rings. The van der Waals surface area contributed by atoms with E-state index in [-0.39, 0.29) is 6.54 Å². The molecule has 25 heavy (non-hydrogen) atoms. The first-order valence-corrected chi connectivity index (χ1v) is 7.77. The number of ether oxygens (including phenoxy) is 2. The molecule has 0 saturated carbocycles. The fourth-order valence-electron chi connectivity index (χ4n) is 2.11. The van der Waals surface area contributed by atoms with Crippen molar-refractivity contribution in [3.05, 3.63) is 23.8 Å². The largest absolute Gasteiger partial charge is 0.457 e. The zero-order valence-corrected chi connectivity index (χ0v) is 15.0. The number of aromatic nitrogens is 1. The highest BCUT2D eigenvalue weighted by Crippen LogP contribution is 2.22. The monoisotopic (exact) mass is 349 g/mol. The third-order valence-electron chi connectivity index (χ3n) is 3.65. The lowest BCUT2D eigenvalue weighted by molar-refractivity contribution is -0.182. The van der Waals surface area contributed by atoms with Gasteiger partial charge in [0.2, 0.25) is 5.60 Å². The summed E-state index contributed by atoms with van der Waals surface area (Å²) in [5.74, 6) is -1.04. The van der Waals surface area contributed by atoms with E-state index in [1.165, 1.54) is 14.0 Å². The summed E-state index contributed by atoms with van der Waals surface area (Å²) in [5.41, 5.74) is 4.48. The molecule has 1 heterocycles. The van der Waals surface area contributed by atoms with E-state index in [1.54, 1.807) is 39.0 Å². The minimum Gasteiger partial charge on any atom is -0.457 e. The van der Waals surface area contributed by atoms with Gasteiger partial charge in [0.1, 0.15) is 5.60 Å². The molecule has 1 amide bonds. The zero-order valence-electron chi connectivity index (χ0n) is 15.0. The van der Waals surface area contributed by atoms with E-state index in [0.717, 1.165) is 5.56 Å². The van der Waals surface area contributed by atoms with Crippen LogP contribution in [0.3, 0.4) is 0 Å². The Morgan fingerprint density at radius 3 is 2.56 bits per heavy atom. The van der Waals surface area contributed by atoms with Gasteiger partial charge in [0.25, 0.3) is 5.91 Å². The summed E-state index contributed by atoms with van der Waals surface area (Å²) in [5, 5.41) is 7.05. The Balaban J connectivity index is 2.09. The molecule has 0 radical (unpaired) electrons. The van der Waals surface area contributed by atoms with Crippen LogP contribution in [-0.2, 0) is 25.6 Å². The van der Waals surface area contributed by atoms with Crippen LogP contribution in [0.5, 0.6) is 0 Å². The molecule has 1 atom stereocenters. The van der Waals surface area contributed by atoms with Crippen molar-refractivity contribution in [2.75, 3.05) is 12.8 Å². The topological polar surface area (TPSA) is 117 Å². The standard InChI is InChI=1S/C17H23N3O5/c1-16(2,3)24-15(22)17(4,23-5)14(21)19-9-10-6-7-11-12(8-10)25-20-13(11)18/h6-8H,9H2,1-5H3,(H2,18,20)(H,19,21). The summed E-state index contributed by atoms with van der Waals surface area (Å²) in [4.78, 5) is 24.8. The predicted molar refractivity (Wildman–Crippen MR) is 91.5 cm³/mol. The molecule has 8 nitrogen and oxygen atoms in total. The molecule has 1 unspecified atom stereocenters. The molecule has 0 spiro atoms. The molecule has 0 aliphatic heterocycles. The fraction of sp³-hybridized carbons (Fsp3) is 0.471. The quantitative estimate of drug-likeness (QED) is 0.624. The van der Waals surface area contributed by atoms with Gasteiger partial charge in [-0.1, -0.05) is 11.2 Å². The minimum absolute atomic E-state index is 0.178. The van der Waals surface area contributed by atoms with E-state index in [0.29, 0.717) is 16.8 Å². The number of rotatable bonds is 5. The number of carbonyl (C=O) groups is 2. The van der Waals surface area contributed by atoms with Gasteiger partial charge in [0.15, 0.2) is 11.4 Å². The van der Waals surface area contributed by atoms with E-state index in [1.807, 2.05) is 0 Å². The molecule has 0 bridgehead atoms. The summed E-state index contributed by atoms with van der Waals surface area (Å²) < 4.78 is 15.5. The lowest BCUT2D eigenvalue weighted by atomic mass is 10.0. The van der Waals surface area contributed by atoms with Gasteiger partial charge in [-0.3, -0.25) is 4.79 Å². The second-order valence-electron chi connectivity index (χ2n) is 6.82. The van der Waals surface area contributed by atoms with Crippen molar-refractivity contribution in [1.82, 2.24) is 10.5 Å². The Labute approximate surface area is 145 Å². The van der Waals surface area contributed by atoms with Crippen LogP contribution in [0.25, 0.3) is 11.0 Å². The summed E-state index contributed by atoms with van der Waals surface area (Å²) in [6.45, 7) is 6.71. The van der Waals surface area contributed by atoms with E-state index in [9.17, 15) is 9.59 Å². The second kappa shape index (κ2) is 6.72. The van der Waals surface area contributed by atoms with Crippen molar-refractivity contribution in [1.29, 1.82) is 0 Å². The summed E-state index contributed by atoms with van der Waals surface area (Å²) in [6.07, 6.45) is 0. The van der Waals surface area contributed by atoms with Crippen LogP contribution < -0.4 is 11.1 Å². The first-order valence-electron chi connectivity index (χ1n) is 7.77. The van der Waals surface area contributed by atoms with Crippen molar-refractivity contribution < 1.29 is 23.6 Å². The molecular formula is C17H23N3O5. The maximum absolute atomic E-state index is 12.5. The number of nitrogens with one attached hydrogen (secondary N) is 1. The van der Waals surface area contributed by atoms with Crippen molar-refractivity contribution in [3.8, 4) is 0 Å². The molecule has 0 aliphatic rings. The van der Waals surface area contributed by atoms with Gasteiger partial charge in [-0.05, 0) is 45.4 Å². The molecule has 2 rings (SSSR count). The van der Waals surface area contributed by atoms with Gasteiger partial charge in [-0.2, -0.15) is 0 Å². The molecule has 8 heteroatoms. The third kappa shape index (κ3) is 4.08. The van der Waals surface area contributed by atoms with Crippen LogP contribution in [0.4, 0.5) is 5.82 Å².